The second kappa shape index (κ2) is 3.51. The predicted molar refractivity (Wildman–Crippen MR) is 49.2 cm³/mol. The van der Waals surface area contributed by atoms with Crippen molar-refractivity contribution in [2.75, 3.05) is 0 Å². The molecule has 1 atom stereocenters. The van der Waals surface area contributed by atoms with E-state index < -0.39 is 0 Å². The van der Waals surface area contributed by atoms with Crippen molar-refractivity contribution in [2.45, 2.75) is 19.4 Å². The number of halogens is 1. The highest BCUT2D eigenvalue weighted by Gasteiger charge is 2.04. The minimum atomic E-state index is 0.219. The van der Waals surface area contributed by atoms with E-state index in [1.165, 1.54) is 4.88 Å². The van der Waals surface area contributed by atoms with Gasteiger partial charge in [0.2, 0.25) is 0 Å². The van der Waals surface area contributed by atoms with Crippen LogP contribution in [-0.2, 0) is 0 Å². The highest BCUT2D eigenvalue weighted by Crippen LogP contribution is 2.25. The maximum absolute atomic E-state index is 5.80. The van der Waals surface area contributed by atoms with Crippen LogP contribution in [0.15, 0.2) is 15.9 Å². The molecule has 10 heavy (non-hydrogen) atoms. The van der Waals surface area contributed by atoms with Crippen molar-refractivity contribution in [3.63, 3.8) is 0 Å². The minimum absolute atomic E-state index is 0.219. The Hall–Kier alpha value is 0.140. The third kappa shape index (κ3) is 1.81. The lowest BCUT2D eigenvalue weighted by Gasteiger charge is -2.02. The van der Waals surface area contributed by atoms with Gasteiger partial charge < -0.3 is 5.73 Å². The first kappa shape index (κ1) is 8.24. The third-order valence-electron chi connectivity index (χ3n) is 1.39. The van der Waals surface area contributed by atoms with Crippen LogP contribution in [0.1, 0.15) is 24.3 Å². The van der Waals surface area contributed by atoms with Crippen LogP contribution >= 0.6 is 27.3 Å². The molecule has 0 spiro atoms. The zero-order valence-electron chi connectivity index (χ0n) is 5.80. The van der Waals surface area contributed by atoms with Crippen molar-refractivity contribution in [1.29, 1.82) is 0 Å². The van der Waals surface area contributed by atoms with E-state index in [9.17, 15) is 0 Å². The van der Waals surface area contributed by atoms with E-state index in [1.807, 2.05) is 0 Å². The summed E-state index contributed by atoms with van der Waals surface area (Å²) in [5.41, 5.74) is 5.80. The summed E-state index contributed by atoms with van der Waals surface area (Å²) < 4.78 is 1.14. The van der Waals surface area contributed by atoms with Crippen LogP contribution in [0, 0.1) is 0 Å². The van der Waals surface area contributed by atoms with E-state index in [0.717, 1.165) is 10.9 Å². The molecule has 0 bridgehead atoms. The van der Waals surface area contributed by atoms with Gasteiger partial charge in [0.15, 0.2) is 0 Å². The Morgan fingerprint density at radius 3 is 2.90 bits per heavy atom. The van der Waals surface area contributed by atoms with Crippen molar-refractivity contribution in [3.8, 4) is 0 Å². The first-order valence-electron chi connectivity index (χ1n) is 3.23. The molecular weight excluding hydrogens is 210 g/mol. The van der Waals surface area contributed by atoms with Gasteiger partial charge in [0.05, 0.1) is 0 Å². The van der Waals surface area contributed by atoms with Crippen molar-refractivity contribution in [1.82, 2.24) is 0 Å². The topological polar surface area (TPSA) is 26.0 Å². The number of hydrogen-bond acceptors (Lipinski definition) is 2. The number of nitrogens with two attached hydrogens (primary N) is 1. The lowest BCUT2D eigenvalue weighted by atomic mass is 10.2. The molecule has 0 saturated heterocycles. The SMILES string of the molecule is CC[C@@H](N)c1cc(Br)cs1. The number of hydrogen-bond donors (Lipinski definition) is 1. The summed E-state index contributed by atoms with van der Waals surface area (Å²) in [6, 6.07) is 2.30. The first-order chi connectivity index (χ1) is 4.74. The molecule has 1 heterocycles. The van der Waals surface area contributed by atoms with Crippen LogP contribution in [0.25, 0.3) is 0 Å². The van der Waals surface area contributed by atoms with Crippen molar-refractivity contribution in [3.05, 3.63) is 20.8 Å². The van der Waals surface area contributed by atoms with Crippen LogP contribution in [-0.4, -0.2) is 0 Å². The van der Waals surface area contributed by atoms with Crippen molar-refractivity contribution < 1.29 is 0 Å². The molecule has 0 unspecified atom stereocenters. The lowest BCUT2D eigenvalue weighted by Crippen LogP contribution is -2.05. The van der Waals surface area contributed by atoms with Crippen molar-refractivity contribution >= 4 is 27.3 Å². The Morgan fingerprint density at radius 2 is 2.50 bits per heavy atom. The average molecular weight is 220 g/mol. The molecule has 56 valence electrons. The van der Waals surface area contributed by atoms with Crippen LogP contribution in [0.2, 0.25) is 0 Å². The molecule has 0 aliphatic rings. The first-order valence-corrected chi connectivity index (χ1v) is 4.90. The molecule has 0 aromatic carbocycles. The fourth-order valence-corrected chi connectivity index (χ4v) is 2.26. The molecule has 3 heteroatoms. The number of rotatable bonds is 2. The normalized spacial score (nSPS) is 13.5. The van der Waals surface area contributed by atoms with Gasteiger partial charge in [0, 0.05) is 20.8 Å². The van der Waals surface area contributed by atoms with Gasteiger partial charge in [-0.3, -0.25) is 0 Å². The Bertz CT molecular complexity index is 209. The molecule has 2 N–H and O–H groups in total. The van der Waals surface area contributed by atoms with Crippen LogP contribution in [0.5, 0.6) is 0 Å². The second-order valence-electron chi connectivity index (χ2n) is 2.18. The summed E-state index contributed by atoms with van der Waals surface area (Å²) in [4.78, 5) is 1.26. The fourth-order valence-electron chi connectivity index (χ4n) is 0.724. The quantitative estimate of drug-likeness (QED) is 0.814. The Balaban J connectivity index is 2.74. The van der Waals surface area contributed by atoms with Gasteiger partial charge in [-0.15, -0.1) is 11.3 Å². The zero-order chi connectivity index (χ0) is 7.56. The zero-order valence-corrected chi connectivity index (χ0v) is 8.21. The van der Waals surface area contributed by atoms with E-state index in [-0.39, 0.29) is 6.04 Å². The Labute approximate surface area is 73.4 Å². The smallest absolute Gasteiger partial charge is 0.0387 e. The molecular formula is C7H10BrNS. The summed E-state index contributed by atoms with van der Waals surface area (Å²) in [5, 5.41) is 2.06. The van der Waals surface area contributed by atoms with Gasteiger partial charge in [-0.2, -0.15) is 0 Å². The Kier molecular flexibility index (Phi) is 2.89. The maximum atomic E-state index is 5.80. The molecule has 1 aromatic rings. The van der Waals surface area contributed by atoms with E-state index >= 15 is 0 Å². The van der Waals surface area contributed by atoms with Gasteiger partial charge in [-0.05, 0) is 28.4 Å². The lowest BCUT2D eigenvalue weighted by molar-refractivity contribution is 0.712. The minimum Gasteiger partial charge on any atom is -0.323 e. The summed E-state index contributed by atoms with van der Waals surface area (Å²) in [6.07, 6.45) is 1.01. The second-order valence-corrected chi connectivity index (χ2v) is 4.04. The molecule has 0 radical (unpaired) electrons. The molecule has 1 rings (SSSR count). The Morgan fingerprint density at radius 1 is 1.80 bits per heavy atom. The summed E-state index contributed by atoms with van der Waals surface area (Å²) in [7, 11) is 0. The summed E-state index contributed by atoms with van der Waals surface area (Å²) in [5.74, 6) is 0. The highest BCUT2D eigenvalue weighted by atomic mass is 79.9. The van der Waals surface area contributed by atoms with Gasteiger partial charge in [0.25, 0.3) is 0 Å². The van der Waals surface area contributed by atoms with Gasteiger partial charge in [-0.25, -0.2) is 0 Å². The third-order valence-corrected chi connectivity index (χ3v) is 3.22. The van der Waals surface area contributed by atoms with Crippen LogP contribution in [0.3, 0.4) is 0 Å². The van der Waals surface area contributed by atoms with Gasteiger partial charge in [0.1, 0.15) is 0 Å². The van der Waals surface area contributed by atoms with Gasteiger partial charge >= 0.3 is 0 Å². The molecule has 0 aliphatic heterocycles. The standard InChI is InChI=1S/C7H10BrNS/c1-2-6(9)7-3-5(8)4-10-7/h3-4,6H,2,9H2,1H3/t6-/m1/s1. The summed E-state index contributed by atoms with van der Waals surface area (Å²) >= 11 is 5.09. The molecule has 0 aliphatic carbocycles. The molecule has 0 saturated carbocycles. The summed E-state index contributed by atoms with van der Waals surface area (Å²) in [6.45, 7) is 2.10. The molecule has 1 nitrogen and oxygen atoms in total. The van der Waals surface area contributed by atoms with E-state index in [0.29, 0.717) is 0 Å². The average Bonchev–Trinajstić information content (AvgIpc) is 2.34. The maximum Gasteiger partial charge on any atom is 0.0387 e. The van der Waals surface area contributed by atoms with Crippen LogP contribution < -0.4 is 5.73 Å². The molecule has 0 fully saturated rings. The molecule has 1 aromatic heterocycles. The van der Waals surface area contributed by atoms with Crippen molar-refractivity contribution in [2.24, 2.45) is 5.73 Å². The van der Waals surface area contributed by atoms with E-state index in [4.69, 9.17) is 5.73 Å². The van der Waals surface area contributed by atoms with Crippen LogP contribution in [0.4, 0.5) is 0 Å². The fraction of sp³-hybridized carbons (Fsp3) is 0.429. The predicted octanol–water partition coefficient (Wildman–Crippen LogP) is 2.92. The van der Waals surface area contributed by atoms with E-state index in [2.05, 4.69) is 34.3 Å². The molecule has 0 amide bonds. The largest absolute Gasteiger partial charge is 0.323 e. The highest BCUT2D eigenvalue weighted by molar-refractivity contribution is 9.10. The monoisotopic (exact) mass is 219 g/mol. The van der Waals surface area contributed by atoms with Gasteiger partial charge in [-0.1, -0.05) is 6.92 Å². The number of thiophene rings is 1. The van der Waals surface area contributed by atoms with E-state index in [1.54, 1.807) is 11.3 Å².